The molecule has 0 fully saturated rings. The van der Waals surface area contributed by atoms with Crippen LogP contribution in [0.3, 0.4) is 0 Å². The number of nitro benzene ring substituents is 1. The average Bonchev–Trinajstić information content (AvgIpc) is 2.49. The van der Waals surface area contributed by atoms with Crippen molar-refractivity contribution >= 4 is 40.7 Å². The van der Waals surface area contributed by atoms with E-state index >= 15 is 0 Å². The van der Waals surface area contributed by atoms with Gasteiger partial charge in [0.25, 0.3) is 5.69 Å². The molecule has 0 bridgehead atoms. The van der Waals surface area contributed by atoms with Crippen molar-refractivity contribution in [2.24, 2.45) is 0 Å². The number of rotatable bonds is 2. The van der Waals surface area contributed by atoms with Crippen LogP contribution in [-0.2, 0) is 16.3 Å². The molecule has 1 aliphatic rings. The van der Waals surface area contributed by atoms with Gasteiger partial charge < -0.3 is 4.74 Å². The van der Waals surface area contributed by atoms with Crippen LogP contribution >= 0.6 is 35.0 Å². The molecule has 3 rings (SSSR count). The Hall–Kier alpha value is -1.27. The van der Waals surface area contributed by atoms with Crippen LogP contribution in [-0.4, -0.2) is 4.92 Å². The lowest BCUT2D eigenvalue weighted by Crippen LogP contribution is -2.25. The van der Waals surface area contributed by atoms with E-state index in [1.165, 1.54) is 17.8 Å². The molecule has 0 aromatic heterocycles. The summed E-state index contributed by atoms with van der Waals surface area (Å²) in [4.78, 5) is 10.8. The van der Waals surface area contributed by atoms with Gasteiger partial charge in [-0.05, 0) is 36.2 Å². The van der Waals surface area contributed by atoms with Crippen LogP contribution in [0.2, 0.25) is 10.0 Å². The highest BCUT2D eigenvalue weighted by Gasteiger charge is 2.34. The van der Waals surface area contributed by atoms with Gasteiger partial charge in [0.2, 0.25) is 0 Å². The van der Waals surface area contributed by atoms with E-state index in [4.69, 9.17) is 27.9 Å². The summed E-state index contributed by atoms with van der Waals surface area (Å²) in [6.07, 6.45) is 0. The lowest BCUT2D eigenvalue weighted by molar-refractivity contribution is -0.385. The summed E-state index contributed by atoms with van der Waals surface area (Å²) in [6, 6.07) is 10.2. The van der Waals surface area contributed by atoms with Gasteiger partial charge in [0.1, 0.15) is 4.93 Å². The van der Waals surface area contributed by atoms with Crippen molar-refractivity contribution < 1.29 is 9.66 Å². The molecule has 0 radical (unpaired) electrons. The zero-order chi connectivity index (χ0) is 15.9. The fraction of sp³-hybridized carbons (Fsp3) is 0.200. The van der Waals surface area contributed by atoms with E-state index < -0.39 is 9.86 Å². The fourth-order valence-electron chi connectivity index (χ4n) is 2.27. The summed E-state index contributed by atoms with van der Waals surface area (Å²) in [5, 5.41) is 11.8. The van der Waals surface area contributed by atoms with Gasteiger partial charge in [-0.25, -0.2) is 0 Å². The number of fused-ring (bicyclic) bond motifs is 1. The molecule has 0 amide bonds. The minimum atomic E-state index is -0.614. The van der Waals surface area contributed by atoms with E-state index in [1.807, 2.05) is 13.0 Å². The van der Waals surface area contributed by atoms with Crippen LogP contribution in [0.15, 0.2) is 41.3 Å². The van der Waals surface area contributed by atoms with Gasteiger partial charge in [-0.3, -0.25) is 10.1 Å². The molecule has 0 N–H and O–H groups in total. The van der Waals surface area contributed by atoms with E-state index in [1.54, 1.807) is 24.3 Å². The number of thioether (sulfide) groups is 1. The van der Waals surface area contributed by atoms with Crippen LogP contribution in [0.4, 0.5) is 5.69 Å². The molecule has 1 atom stereocenters. The Labute approximate surface area is 141 Å². The highest BCUT2D eigenvalue weighted by atomic mass is 35.5. The van der Waals surface area contributed by atoms with Gasteiger partial charge in [-0.1, -0.05) is 41.0 Å². The molecule has 0 saturated heterocycles. The second kappa shape index (κ2) is 5.74. The molecule has 22 heavy (non-hydrogen) atoms. The van der Waals surface area contributed by atoms with E-state index in [-0.39, 0.29) is 5.69 Å². The SMILES string of the molecule is CC1(c2ccc(Cl)c(Cl)c2)OCc2cc([N+](=O)[O-])ccc2S1. The summed E-state index contributed by atoms with van der Waals surface area (Å²) in [6.45, 7) is 2.25. The third-order valence-electron chi connectivity index (χ3n) is 3.51. The highest BCUT2D eigenvalue weighted by molar-refractivity contribution is 8.00. The van der Waals surface area contributed by atoms with Gasteiger partial charge in [0, 0.05) is 17.0 Å². The van der Waals surface area contributed by atoms with Crippen molar-refractivity contribution in [2.75, 3.05) is 0 Å². The zero-order valence-corrected chi connectivity index (χ0v) is 13.8. The predicted molar refractivity (Wildman–Crippen MR) is 87.6 cm³/mol. The third-order valence-corrected chi connectivity index (χ3v) is 5.61. The Morgan fingerprint density at radius 3 is 2.68 bits per heavy atom. The molecule has 1 aliphatic heterocycles. The van der Waals surface area contributed by atoms with E-state index in [0.29, 0.717) is 16.7 Å². The van der Waals surface area contributed by atoms with Gasteiger partial charge in [0.05, 0.1) is 21.6 Å². The smallest absolute Gasteiger partial charge is 0.269 e. The summed E-state index contributed by atoms with van der Waals surface area (Å²) in [5.41, 5.74) is 1.79. The first-order valence-corrected chi connectivity index (χ1v) is 8.02. The molecule has 1 heterocycles. The van der Waals surface area contributed by atoms with Crippen LogP contribution in [0.1, 0.15) is 18.1 Å². The Morgan fingerprint density at radius 1 is 1.23 bits per heavy atom. The monoisotopic (exact) mass is 355 g/mol. The number of nitrogens with zero attached hydrogens (tertiary/aromatic N) is 1. The van der Waals surface area contributed by atoms with E-state index in [9.17, 15) is 10.1 Å². The lowest BCUT2D eigenvalue weighted by Gasteiger charge is -2.34. The van der Waals surface area contributed by atoms with E-state index in [0.717, 1.165) is 16.0 Å². The summed E-state index contributed by atoms with van der Waals surface area (Å²) in [7, 11) is 0. The number of ether oxygens (including phenoxy) is 1. The zero-order valence-electron chi connectivity index (χ0n) is 11.5. The van der Waals surface area contributed by atoms with Gasteiger partial charge >= 0.3 is 0 Å². The van der Waals surface area contributed by atoms with Crippen molar-refractivity contribution in [1.82, 2.24) is 0 Å². The normalized spacial score (nSPS) is 20.5. The quantitative estimate of drug-likeness (QED) is 0.534. The fourth-order valence-corrected chi connectivity index (χ4v) is 3.73. The maximum absolute atomic E-state index is 10.8. The first-order valence-electron chi connectivity index (χ1n) is 6.45. The largest absolute Gasteiger partial charge is 0.355 e. The molecule has 2 aromatic rings. The minimum Gasteiger partial charge on any atom is -0.355 e. The number of hydrogen-bond acceptors (Lipinski definition) is 4. The van der Waals surface area contributed by atoms with Crippen molar-refractivity contribution in [3.8, 4) is 0 Å². The second-order valence-electron chi connectivity index (χ2n) is 5.01. The van der Waals surface area contributed by atoms with Gasteiger partial charge in [0.15, 0.2) is 0 Å². The van der Waals surface area contributed by atoms with Crippen LogP contribution in [0.5, 0.6) is 0 Å². The van der Waals surface area contributed by atoms with Crippen molar-refractivity contribution in [1.29, 1.82) is 0 Å². The van der Waals surface area contributed by atoms with Crippen molar-refractivity contribution in [3.63, 3.8) is 0 Å². The topological polar surface area (TPSA) is 52.4 Å². The molecule has 4 nitrogen and oxygen atoms in total. The average molecular weight is 356 g/mol. The highest BCUT2D eigenvalue weighted by Crippen LogP contribution is 2.49. The Morgan fingerprint density at radius 2 is 2.00 bits per heavy atom. The van der Waals surface area contributed by atoms with Gasteiger partial charge in [-0.2, -0.15) is 0 Å². The molecule has 0 spiro atoms. The number of nitro groups is 1. The number of halogens is 2. The Bertz CT molecular complexity index is 768. The van der Waals surface area contributed by atoms with Crippen molar-refractivity contribution in [3.05, 3.63) is 67.7 Å². The number of hydrogen-bond donors (Lipinski definition) is 0. The predicted octanol–water partition coefficient (Wildman–Crippen LogP) is 5.40. The summed E-state index contributed by atoms with van der Waals surface area (Å²) < 4.78 is 5.95. The molecule has 0 saturated carbocycles. The number of non-ortho nitro benzene ring substituents is 1. The molecule has 1 unspecified atom stereocenters. The third kappa shape index (κ3) is 2.82. The number of benzene rings is 2. The first kappa shape index (κ1) is 15.6. The van der Waals surface area contributed by atoms with Gasteiger partial charge in [-0.15, -0.1) is 0 Å². The molecular formula is C15H11Cl2NO3S. The Balaban J connectivity index is 1.95. The summed E-state index contributed by atoms with van der Waals surface area (Å²) >= 11 is 13.5. The maximum Gasteiger partial charge on any atom is 0.269 e. The van der Waals surface area contributed by atoms with E-state index in [2.05, 4.69) is 0 Å². The maximum atomic E-state index is 10.8. The Kier molecular flexibility index (Phi) is 4.07. The van der Waals surface area contributed by atoms with Crippen LogP contribution in [0, 0.1) is 10.1 Å². The summed E-state index contributed by atoms with van der Waals surface area (Å²) in [5.74, 6) is 0. The standard InChI is InChI=1S/C15H11Cl2NO3S/c1-15(10-2-4-12(16)13(17)7-10)21-8-9-6-11(18(19)20)3-5-14(9)22-15/h2-7H,8H2,1H3. The van der Waals surface area contributed by atoms with Crippen LogP contribution < -0.4 is 0 Å². The minimum absolute atomic E-state index is 0.0705. The molecule has 7 heteroatoms. The molecular weight excluding hydrogens is 345 g/mol. The lowest BCUT2D eigenvalue weighted by atomic mass is 10.1. The molecule has 0 aliphatic carbocycles. The van der Waals surface area contributed by atoms with Crippen molar-refractivity contribution in [2.45, 2.75) is 23.4 Å². The van der Waals surface area contributed by atoms with Crippen LogP contribution in [0.25, 0.3) is 0 Å². The first-order chi connectivity index (χ1) is 10.4. The second-order valence-corrected chi connectivity index (χ2v) is 7.25. The molecule has 114 valence electrons. The molecule has 2 aromatic carbocycles.